The number of nitrogens with one attached hydrogen (secondary N) is 4. The first-order chi connectivity index (χ1) is 19.6. The normalized spacial score (nSPS) is 14.0. The second-order valence-corrected chi connectivity index (χ2v) is 10.6. The van der Waals surface area contributed by atoms with Crippen molar-refractivity contribution in [2.45, 2.75) is 18.9 Å². The average molecular weight is 554 g/mol. The molecule has 1 aliphatic heterocycles. The molecule has 10 heteroatoms. The van der Waals surface area contributed by atoms with Crippen molar-refractivity contribution in [3.05, 3.63) is 66.7 Å². The standard InChI is InChI=1S/C30H31N7O2S/c1-4-27(38)33-23-15-24(26(39-3)16-25(23)37-12-9-18(31-2)10-13-37)35-30-34-22-11-14-40-29(22)28(36-30)20-17-32-21-8-6-5-7-19(20)21/h4-8,11,14-18,31-32H,1,9-10,12-13H2,2-3H3,(H,33,38)(H,34,35,36). The Morgan fingerprint density at radius 1 is 1.18 bits per heavy atom. The van der Waals surface area contributed by atoms with E-state index < -0.39 is 0 Å². The van der Waals surface area contributed by atoms with Gasteiger partial charge < -0.3 is 30.6 Å². The molecule has 0 bridgehead atoms. The fraction of sp³-hybridized carbons (Fsp3) is 0.233. The molecule has 4 N–H and O–H groups in total. The van der Waals surface area contributed by atoms with Gasteiger partial charge in [0.05, 0.1) is 40.1 Å². The zero-order valence-electron chi connectivity index (χ0n) is 22.5. The van der Waals surface area contributed by atoms with Crippen LogP contribution in [0.25, 0.3) is 32.4 Å². The molecule has 6 rings (SSSR count). The van der Waals surface area contributed by atoms with Gasteiger partial charge in [0.2, 0.25) is 11.9 Å². The van der Waals surface area contributed by atoms with Crippen LogP contribution in [-0.4, -0.2) is 54.1 Å². The molecule has 4 heterocycles. The molecule has 0 radical (unpaired) electrons. The largest absolute Gasteiger partial charge is 0.494 e. The topological polar surface area (TPSA) is 107 Å². The number of amides is 1. The summed E-state index contributed by atoms with van der Waals surface area (Å²) in [6.45, 7) is 5.36. The van der Waals surface area contributed by atoms with Crippen molar-refractivity contribution in [2.75, 3.05) is 42.8 Å². The number of rotatable bonds is 8. The predicted octanol–water partition coefficient (Wildman–Crippen LogP) is 5.90. The number of ether oxygens (including phenoxy) is 1. The van der Waals surface area contributed by atoms with Gasteiger partial charge in [-0.05, 0) is 49.5 Å². The molecular weight excluding hydrogens is 522 g/mol. The Labute approximate surface area is 236 Å². The summed E-state index contributed by atoms with van der Waals surface area (Å²) in [6, 6.07) is 14.5. The van der Waals surface area contributed by atoms with E-state index in [0.717, 1.165) is 64.0 Å². The number of hydrogen-bond donors (Lipinski definition) is 4. The smallest absolute Gasteiger partial charge is 0.247 e. The number of hydrogen-bond acceptors (Lipinski definition) is 8. The van der Waals surface area contributed by atoms with Crippen molar-refractivity contribution in [1.29, 1.82) is 0 Å². The maximum atomic E-state index is 12.4. The second-order valence-electron chi connectivity index (χ2n) is 9.72. The van der Waals surface area contributed by atoms with Crippen LogP contribution in [0.2, 0.25) is 0 Å². The van der Waals surface area contributed by atoms with Gasteiger partial charge in [0, 0.05) is 47.9 Å². The molecule has 3 aromatic heterocycles. The summed E-state index contributed by atoms with van der Waals surface area (Å²) in [7, 11) is 3.64. The number of methoxy groups -OCH3 is 1. The fourth-order valence-electron chi connectivity index (χ4n) is 5.28. The molecule has 0 spiro atoms. The Morgan fingerprint density at radius 2 is 2.00 bits per heavy atom. The summed E-state index contributed by atoms with van der Waals surface area (Å²) in [5, 5.41) is 12.9. The van der Waals surface area contributed by atoms with Crippen LogP contribution < -0.4 is 25.6 Å². The van der Waals surface area contributed by atoms with Gasteiger partial charge in [-0.1, -0.05) is 24.8 Å². The minimum atomic E-state index is -0.278. The van der Waals surface area contributed by atoms with Gasteiger partial charge in [0.15, 0.2) is 0 Å². The van der Waals surface area contributed by atoms with E-state index in [9.17, 15) is 4.79 Å². The number of fused-ring (bicyclic) bond motifs is 2. The second kappa shape index (κ2) is 11.0. The first-order valence-corrected chi connectivity index (χ1v) is 14.1. The van der Waals surface area contributed by atoms with Crippen LogP contribution in [0.4, 0.5) is 23.0 Å². The van der Waals surface area contributed by atoms with Gasteiger partial charge >= 0.3 is 0 Å². The molecule has 0 aliphatic carbocycles. The van der Waals surface area contributed by atoms with E-state index >= 15 is 0 Å². The Bertz CT molecular complexity index is 1700. The first-order valence-electron chi connectivity index (χ1n) is 13.2. The number of benzene rings is 2. The number of carbonyl (C=O) groups excluding carboxylic acids is 1. The number of thiophene rings is 1. The van der Waals surface area contributed by atoms with E-state index in [1.54, 1.807) is 18.4 Å². The average Bonchev–Trinajstić information content (AvgIpc) is 3.64. The number of carbonyl (C=O) groups is 1. The number of aromatic nitrogens is 3. The number of piperidine rings is 1. The summed E-state index contributed by atoms with van der Waals surface area (Å²) < 4.78 is 6.83. The zero-order chi connectivity index (χ0) is 27.6. The van der Waals surface area contributed by atoms with Gasteiger partial charge in [0.1, 0.15) is 5.75 Å². The highest BCUT2D eigenvalue weighted by Gasteiger charge is 2.23. The highest BCUT2D eigenvalue weighted by atomic mass is 32.1. The number of nitrogens with zero attached hydrogens (tertiary/aromatic N) is 3. The Kier molecular flexibility index (Phi) is 7.10. The van der Waals surface area contributed by atoms with Crippen molar-refractivity contribution in [3.63, 3.8) is 0 Å². The van der Waals surface area contributed by atoms with Crippen LogP contribution in [0.3, 0.4) is 0 Å². The Balaban J connectivity index is 1.41. The van der Waals surface area contributed by atoms with Crippen molar-refractivity contribution in [3.8, 4) is 17.0 Å². The van der Waals surface area contributed by atoms with Gasteiger partial charge in [-0.15, -0.1) is 11.3 Å². The third-order valence-corrected chi connectivity index (χ3v) is 8.31. The van der Waals surface area contributed by atoms with Crippen molar-refractivity contribution >= 4 is 61.4 Å². The Hall–Kier alpha value is -4.41. The van der Waals surface area contributed by atoms with Gasteiger partial charge in [0.25, 0.3) is 0 Å². The molecule has 9 nitrogen and oxygen atoms in total. The van der Waals surface area contributed by atoms with Crippen LogP contribution in [0, 0.1) is 0 Å². The SMILES string of the molecule is C=CC(=O)Nc1cc(Nc2nc(-c3c[nH]c4ccccc34)c3sccc3n2)c(OC)cc1N1CCC(NC)CC1. The van der Waals surface area contributed by atoms with Crippen molar-refractivity contribution in [2.24, 2.45) is 0 Å². The zero-order valence-corrected chi connectivity index (χ0v) is 23.3. The lowest BCUT2D eigenvalue weighted by atomic mass is 10.0. The quantitative estimate of drug-likeness (QED) is 0.177. The van der Waals surface area contributed by atoms with Crippen LogP contribution in [0.1, 0.15) is 12.8 Å². The van der Waals surface area contributed by atoms with E-state index in [0.29, 0.717) is 29.1 Å². The van der Waals surface area contributed by atoms with E-state index in [4.69, 9.17) is 14.7 Å². The molecule has 1 amide bonds. The summed E-state index contributed by atoms with van der Waals surface area (Å²) in [5.74, 6) is 0.790. The molecule has 2 aromatic carbocycles. The maximum Gasteiger partial charge on any atom is 0.247 e. The monoisotopic (exact) mass is 553 g/mol. The van der Waals surface area contributed by atoms with Gasteiger partial charge in [-0.2, -0.15) is 0 Å². The minimum absolute atomic E-state index is 0.278. The molecular formula is C30H31N7O2S. The predicted molar refractivity (Wildman–Crippen MR) is 164 cm³/mol. The van der Waals surface area contributed by atoms with E-state index in [1.807, 2.05) is 49.0 Å². The highest BCUT2D eigenvalue weighted by Crippen LogP contribution is 2.40. The van der Waals surface area contributed by atoms with Gasteiger partial charge in [-0.3, -0.25) is 4.79 Å². The molecule has 1 aliphatic rings. The molecule has 0 unspecified atom stereocenters. The number of anilines is 4. The maximum absolute atomic E-state index is 12.4. The van der Waals surface area contributed by atoms with E-state index in [2.05, 4.69) is 44.5 Å². The highest BCUT2D eigenvalue weighted by molar-refractivity contribution is 7.17. The lowest BCUT2D eigenvalue weighted by Crippen LogP contribution is -2.41. The summed E-state index contributed by atoms with van der Waals surface area (Å²) >= 11 is 1.62. The minimum Gasteiger partial charge on any atom is -0.494 e. The summed E-state index contributed by atoms with van der Waals surface area (Å²) in [4.78, 5) is 27.8. The molecule has 5 aromatic rings. The third-order valence-electron chi connectivity index (χ3n) is 7.40. The van der Waals surface area contributed by atoms with Crippen LogP contribution >= 0.6 is 11.3 Å². The molecule has 1 fully saturated rings. The number of para-hydroxylation sites is 1. The molecule has 40 heavy (non-hydrogen) atoms. The number of H-pyrrole nitrogens is 1. The van der Waals surface area contributed by atoms with Crippen LogP contribution in [0.15, 0.2) is 66.7 Å². The first kappa shape index (κ1) is 25.8. The number of aromatic amines is 1. The third kappa shape index (κ3) is 4.87. The van der Waals surface area contributed by atoms with Gasteiger partial charge in [-0.25, -0.2) is 9.97 Å². The van der Waals surface area contributed by atoms with Crippen LogP contribution in [-0.2, 0) is 4.79 Å². The van der Waals surface area contributed by atoms with E-state index in [1.165, 1.54) is 6.08 Å². The molecule has 0 saturated carbocycles. The summed E-state index contributed by atoms with van der Waals surface area (Å²) in [6.07, 6.45) is 5.29. The molecule has 0 atom stereocenters. The molecule has 204 valence electrons. The molecule has 1 saturated heterocycles. The lowest BCUT2D eigenvalue weighted by molar-refractivity contribution is -0.111. The van der Waals surface area contributed by atoms with Crippen molar-refractivity contribution in [1.82, 2.24) is 20.3 Å². The van der Waals surface area contributed by atoms with E-state index in [-0.39, 0.29) is 5.91 Å². The lowest BCUT2D eigenvalue weighted by Gasteiger charge is -2.35. The Morgan fingerprint density at radius 3 is 2.77 bits per heavy atom. The fourth-order valence-corrected chi connectivity index (χ4v) is 6.11. The van der Waals surface area contributed by atoms with Crippen molar-refractivity contribution < 1.29 is 9.53 Å². The van der Waals surface area contributed by atoms with Crippen LogP contribution in [0.5, 0.6) is 5.75 Å². The summed E-state index contributed by atoms with van der Waals surface area (Å²) in [5.41, 5.74) is 5.99.